The van der Waals surface area contributed by atoms with E-state index in [2.05, 4.69) is 114 Å². The predicted octanol–water partition coefficient (Wildman–Crippen LogP) is 7.49. The number of rotatable bonds is 4. The molecule has 4 aromatic carbocycles. The summed E-state index contributed by atoms with van der Waals surface area (Å²) in [5.41, 5.74) is 0. The summed E-state index contributed by atoms with van der Waals surface area (Å²) in [6.45, 7) is 16.4. The van der Waals surface area contributed by atoms with Crippen molar-refractivity contribution in [1.29, 1.82) is 0 Å². The molecule has 0 unspecified atom stereocenters. The molecule has 0 aliphatic carbocycles. The average molecular weight is 492 g/mol. The van der Waals surface area contributed by atoms with E-state index in [1.807, 2.05) is 0 Å². The van der Waals surface area contributed by atoms with Crippen LogP contribution in [-0.2, 0) is 26.2 Å². The van der Waals surface area contributed by atoms with E-state index >= 15 is 0 Å². The van der Waals surface area contributed by atoms with E-state index in [0.717, 1.165) is 12.8 Å². The molecule has 0 nitrogen and oxygen atoms in total. The molecule has 0 saturated carbocycles. The van der Waals surface area contributed by atoms with E-state index < -0.39 is 8.07 Å². The molecule has 156 valence electrons. The van der Waals surface area contributed by atoms with E-state index in [1.165, 1.54) is 44.8 Å². The van der Waals surface area contributed by atoms with Gasteiger partial charge in [0.1, 0.15) is 0 Å². The first kappa shape index (κ1) is 26.8. The van der Waals surface area contributed by atoms with Crippen LogP contribution in [0.15, 0.2) is 72.8 Å². The fraction of sp³-hybridized carbons (Fsp3) is 0.286. The molecule has 0 saturated heterocycles. The van der Waals surface area contributed by atoms with Crippen molar-refractivity contribution < 1.29 is 26.2 Å². The van der Waals surface area contributed by atoms with Crippen LogP contribution in [-0.4, -0.2) is 8.07 Å². The number of hydrogen-bond donors (Lipinski definition) is 0. The van der Waals surface area contributed by atoms with Crippen LogP contribution in [0.5, 0.6) is 0 Å². The van der Waals surface area contributed by atoms with Crippen LogP contribution in [0.3, 0.4) is 0 Å². The zero-order chi connectivity index (χ0) is 21.3. The first-order valence-corrected chi connectivity index (χ1v) is 13.9. The number of hydrogen-bond acceptors (Lipinski definition) is 0. The van der Waals surface area contributed by atoms with Gasteiger partial charge in [0.2, 0.25) is 0 Å². The van der Waals surface area contributed by atoms with Gasteiger partial charge in [0, 0.05) is 0 Å². The minimum absolute atomic E-state index is 0. The predicted molar refractivity (Wildman–Crippen MR) is 136 cm³/mol. The summed E-state index contributed by atoms with van der Waals surface area (Å²) in [6.07, 6.45) is 4.56. The molecule has 0 N–H and O–H groups in total. The Morgan fingerprint density at radius 1 is 0.700 bits per heavy atom. The van der Waals surface area contributed by atoms with Crippen molar-refractivity contribution in [3.8, 4) is 0 Å². The second-order valence-electron chi connectivity index (χ2n) is 8.08. The molecular formula is C28H36SiZr. The quantitative estimate of drug-likeness (QED) is 0.205. The molecular weight excluding hydrogens is 456 g/mol. The van der Waals surface area contributed by atoms with Gasteiger partial charge in [-0.25, -0.2) is 0 Å². The fourth-order valence-corrected chi connectivity index (χ4v) is 5.59. The van der Waals surface area contributed by atoms with Gasteiger partial charge in [-0.15, -0.1) is 69.7 Å². The zero-order valence-corrected chi connectivity index (χ0v) is 22.6. The first-order valence-electron chi connectivity index (χ1n) is 10.9. The van der Waals surface area contributed by atoms with Crippen molar-refractivity contribution in [3.05, 3.63) is 86.6 Å². The molecule has 2 heteroatoms. The smallest absolute Gasteiger partial charge is 0.343 e. The molecule has 0 radical (unpaired) electrons. The van der Waals surface area contributed by atoms with Gasteiger partial charge in [-0.2, -0.15) is 35.7 Å². The molecule has 0 aromatic heterocycles. The molecule has 4 rings (SSSR count). The normalized spacial score (nSPS) is 10.6. The second-order valence-corrected chi connectivity index (χ2v) is 12.5. The molecule has 30 heavy (non-hydrogen) atoms. The fourth-order valence-electron chi connectivity index (χ4n) is 3.19. The number of unbranched alkanes of at least 4 members (excludes halogenated alkanes) is 2. The first-order chi connectivity index (χ1) is 14.0. The van der Waals surface area contributed by atoms with Crippen molar-refractivity contribution in [1.82, 2.24) is 0 Å². The van der Waals surface area contributed by atoms with Gasteiger partial charge in [-0.1, -0.05) is 51.9 Å². The minimum Gasteiger partial charge on any atom is -0.343 e. The molecule has 0 aliphatic rings. The molecule has 0 heterocycles. The second kappa shape index (κ2) is 13.2. The number of fused-ring (bicyclic) bond motifs is 2. The molecule has 0 bridgehead atoms. The van der Waals surface area contributed by atoms with E-state index in [0.29, 0.717) is 0 Å². The van der Waals surface area contributed by atoms with Crippen molar-refractivity contribution >= 4 is 40.0 Å². The Labute approximate surface area is 204 Å². The van der Waals surface area contributed by atoms with E-state index in [-0.39, 0.29) is 26.2 Å². The maximum Gasteiger partial charge on any atom is 4.00 e. The maximum absolute atomic E-state index is 3.60. The van der Waals surface area contributed by atoms with E-state index in [9.17, 15) is 0 Å². The SMILES string of the molecule is C[Si](C)(c1cc2ccccc2[cH-]1)c1cc2ccccc2[cH-]1.[CH2-]CCC.[CH2-]CCC.[Zr+4]. The van der Waals surface area contributed by atoms with Gasteiger partial charge in [0.25, 0.3) is 0 Å². The Morgan fingerprint density at radius 2 is 1.03 bits per heavy atom. The minimum atomic E-state index is -1.62. The monoisotopic (exact) mass is 490 g/mol. The van der Waals surface area contributed by atoms with Gasteiger partial charge in [0.15, 0.2) is 0 Å². The Morgan fingerprint density at radius 3 is 1.33 bits per heavy atom. The van der Waals surface area contributed by atoms with Crippen LogP contribution < -0.4 is 10.4 Å². The van der Waals surface area contributed by atoms with Crippen LogP contribution >= 0.6 is 0 Å². The van der Waals surface area contributed by atoms with E-state index in [1.54, 1.807) is 0 Å². The maximum atomic E-state index is 3.60. The third-order valence-corrected chi connectivity index (χ3v) is 8.85. The Bertz CT molecular complexity index is 840. The van der Waals surface area contributed by atoms with Gasteiger partial charge in [-0.05, 0) is 0 Å². The summed E-state index contributed by atoms with van der Waals surface area (Å²) in [6, 6.07) is 26.9. The summed E-state index contributed by atoms with van der Waals surface area (Å²) in [5.74, 6) is 0. The van der Waals surface area contributed by atoms with Crippen LogP contribution in [0.4, 0.5) is 0 Å². The largest absolute Gasteiger partial charge is 4.00 e. The van der Waals surface area contributed by atoms with Crippen LogP contribution in [0, 0.1) is 13.8 Å². The summed E-state index contributed by atoms with van der Waals surface area (Å²) >= 11 is 0. The standard InChI is InChI=1S/C20H18Si.2C4H9.Zr/c1-21(2,19-11-15-7-3-4-8-16(15)12-19)20-13-17-9-5-6-10-18(17)14-20;2*1-3-4-2;/h3-14H,1-2H3;2*1,3-4H2,2H3;/q-2;2*-1;+4. The summed E-state index contributed by atoms with van der Waals surface area (Å²) < 4.78 is 0. The third-order valence-electron chi connectivity index (χ3n) is 5.39. The molecule has 0 amide bonds. The summed E-state index contributed by atoms with van der Waals surface area (Å²) in [5, 5.41) is 8.51. The van der Waals surface area contributed by atoms with Gasteiger partial charge >= 0.3 is 26.2 Å². The van der Waals surface area contributed by atoms with Crippen molar-refractivity contribution in [2.75, 3.05) is 0 Å². The van der Waals surface area contributed by atoms with E-state index in [4.69, 9.17) is 0 Å². The molecule has 0 fully saturated rings. The van der Waals surface area contributed by atoms with Crippen molar-refractivity contribution in [2.24, 2.45) is 0 Å². The van der Waals surface area contributed by atoms with Gasteiger partial charge in [-0.3, -0.25) is 0 Å². The summed E-state index contributed by atoms with van der Waals surface area (Å²) in [7, 11) is -1.62. The number of benzene rings is 2. The molecule has 0 aliphatic heterocycles. The van der Waals surface area contributed by atoms with Crippen molar-refractivity contribution in [3.63, 3.8) is 0 Å². The Kier molecular flexibility index (Phi) is 11.8. The van der Waals surface area contributed by atoms with Crippen LogP contribution in [0.1, 0.15) is 39.5 Å². The van der Waals surface area contributed by atoms with Crippen LogP contribution in [0.2, 0.25) is 13.1 Å². The molecule has 0 atom stereocenters. The molecule has 4 aromatic rings. The van der Waals surface area contributed by atoms with Crippen molar-refractivity contribution in [2.45, 2.75) is 52.6 Å². The molecule has 0 spiro atoms. The summed E-state index contributed by atoms with van der Waals surface area (Å²) in [4.78, 5) is 0. The van der Waals surface area contributed by atoms with Crippen LogP contribution in [0.25, 0.3) is 21.5 Å². The van der Waals surface area contributed by atoms with Gasteiger partial charge in [0.05, 0.1) is 8.07 Å². The Balaban J connectivity index is 0.000000435. The average Bonchev–Trinajstić information content (AvgIpc) is 3.39. The Hall–Kier alpha value is -1.24. The zero-order valence-electron chi connectivity index (χ0n) is 19.2. The van der Waals surface area contributed by atoms with Gasteiger partial charge < -0.3 is 13.8 Å². The topological polar surface area (TPSA) is 0 Å². The third kappa shape index (κ3) is 6.89.